The second-order valence-electron chi connectivity index (χ2n) is 5.92. The predicted octanol–water partition coefficient (Wildman–Crippen LogP) is 5.08. The highest BCUT2D eigenvalue weighted by atomic mass is 16.4. The smallest absolute Gasteiger partial charge is 0.305 e. The van der Waals surface area contributed by atoms with Gasteiger partial charge < -0.3 is 10.2 Å². The number of hydrogen-bond donors (Lipinski definition) is 2. The Hall–Kier alpha value is -0.830. The van der Waals surface area contributed by atoms with Gasteiger partial charge >= 0.3 is 5.97 Å². The molecule has 3 heteroatoms. The van der Waals surface area contributed by atoms with Gasteiger partial charge in [0, 0.05) is 0 Å². The molecule has 1 atom stereocenters. The Morgan fingerprint density at radius 1 is 0.905 bits per heavy atom. The van der Waals surface area contributed by atoms with Gasteiger partial charge in [-0.25, -0.2) is 0 Å². The molecule has 1 unspecified atom stereocenters. The molecule has 0 saturated heterocycles. The lowest BCUT2D eigenvalue weighted by molar-refractivity contribution is -0.139. The Balaban J connectivity index is 3.20. The van der Waals surface area contributed by atoms with E-state index in [1.165, 1.54) is 44.9 Å². The van der Waals surface area contributed by atoms with Gasteiger partial charge in [0.1, 0.15) is 0 Å². The van der Waals surface area contributed by atoms with Crippen LogP contribution in [0.5, 0.6) is 0 Å². The van der Waals surface area contributed by atoms with Crippen molar-refractivity contribution in [2.45, 2.75) is 96.5 Å². The van der Waals surface area contributed by atoms with E-state index in [4.69, 9.17) is 5.11 Å². The molecule has 0 radical (unpaired) electrons. The molecule has 0 aliphatic heterocycles. The molecule has 21 heavy (non-hydrogen) atoms. The third-order valence-corrected chi connectivity index (χ3v) is 3.71. The van der Waals surface area contributed by atoms with Crippen molar-refractivity contribution in [2.24, 2.45) is 0 Å². The quantitative estimate of drug-likeness (QED) is 0.327. The van der Waals surface area contributed by atoms with Crippen LogP contribution >= 0.6 is 0 Å². The average Bonchev–Trinajstić information content (AvgIpc) is 2.43. The number of carbonyl (C=O) groups is 1. The van der Waals surface area contributed by atoms with E-state index >= 15 is 0 Å². The van der Waals surface area contributed by atoms with Crippen LogP contribution in [-0.2, 0) is 4.79 Å². The lowest BCUT2D eigenvalue weighted by Crippen LogP contribution is -2.12. The van der Waals surface area contributed by atoms with E-state index in [-0.39, 0.29) is 6.42 Å². The zero-order chi connectivity index (χ0) is 15.8. The first-order valence-electron chi connectivity index (χ1n) is 8.71. The van der Waals surface area contributed by atoms with Crippen molar-refractivity contribution in [2.75, 3.05) is 0 Å². The summed E-state index contributed by atoms with van der Waals surface area (Å²) in [4.78, 5) is 10.4. The maximum absolute atomic E-state index is 10.4. The Morgan fingerprint density at radius 3 is 2.00 bits per heavy atom. The first-order chi connectivity index (χ1) is 10.2. The molecule has 0 heterocycles. The van der Waals surface area contributed by atoms with E-state index in [1.54, 1.807) is 0 Å². The minimum atomic E-state index is -0.917. The van der Waals surface area contributed by atoms with E-state index in [1.807, 2.05) is 0 Å². The van der Waals surface area contributed by atoms with Gasteiger partial charge in [0.25, 0.3) is 0 Å². The highest BCUT2D eigenvalue weighted by Crippen LogP contribution is 2.10. The maximum atomic E-state index is 10.4. The molecule has 3 nitrogen and oxygen atoms in total. The van der Waals surface area contributed by atoms with Crippen molar-refractivity contribution < 1.29 is 15.0 Å². The Labute approximate surface area is 130 Å². The topological polar surface area (TPSA) is 57.5 Å². The summed E-state index contributed by atoms with van der Waals surface area (Å²) in [6.07, 6.45) is 17.9. The van der Waals surface area contributed by atoms with E-state index < -0.39 is 12.1 Å². The molecule has 0 aromatic rings. The van der Waals surface area contributed by atoms with E-state index in [0.717, 1.165) is 25.7 Å². The molecule has 0 fully saturated rings. The van der Waals surface area contributed by atoms with Gasteiger partial charge in [-0.2, -0.15) is 0 Å². The Bertz CT molecular complexity index is 261. The molecule has 0 aromatic carbocycles. The molecule has 0 saturated carbocycles. The van der Waals surface area contributed by atoms with Crippen molar-refractivity contribution in [3.63, 3.8) is 0 Å². The molecule has 0 amide bonds. The van der Waals surface area contributed by atoms with Crippen LogP contribution in [0.3, 0.4) is 0 Å². The number of carboxylic acids is 1. The normalized spacial score (nSPS) is 12.9. The molecule has 0 rings (SSSR count). The van der Waals surface area contributed by atoms with Crippen LogP contribution in [0.25, 0.3) is 0 Å². The number of carboxylic acid groups (broad SMARTS) is 1. The van der Waals surface area contributed by atoms with Crippen molar-refractivity contribution in [3.05, 3.63) is 12.2 Å². The minimum Gasteiger partial charge on any atom is -0.481 e. The molecule has 0 aliphatic rings. The minimum absolute atomic E-state index is 0.127. The monoisotopic (exact) mass is 298 g/mol. The first kappa shape index (κ1) is 20.2. The fourth-order valence-electron chi connectivity index (χ4n) is 2.40. The zero-order valence-corrected chi connectivity index (χ0v) is 13.7. The van der Waals surface area contributed by atoms with Crippen LogP contribution in [0.4, 0.5) is 0 Å². The Kier molecular flexibility index (Phi) is 14.9. The third kappa shape index (κ3) is 17.1. The number of aliphatic carboxylic acids is 1. The lowest BCUT2D eigenvalue weighted by Gasteiger charge is -2.06. The molecule has 0 aromatic heterocycles. The molecule has 0 spiro atoms. The van der Waals surface area contributed by atoms with Crippen LogP contribution < -0.4 is 0 Å². The molecular formula is C18H34O3. The SMILES string of the molecule is CCCCCCCCC=CCCCCCC(O)CC(=O)O. The summed E-state index contributed by atoms with van der Waals surface area (Å²) in [5, 5.41) is 17.9. The fraction of sp³-hybridized carbons (Fsp3) is 0.833. The van der Waals surface area contributed by atoms with E-state index in [0.29, 0.717) is 6.42 Å². The summed E-state index contributed by atoms with van der Waals surface area (Å²) in [7, 11) is 0. The second kappa shape index (κ2) is 15.6. The standard InChI is InChI=1S/C18H34O3/c1-2-3-4-5-6-7-8-9-10-11-12-13-14-15-17(19)16-18(20)21/h9-10,17,19H,2-8,11-16H2,1H3,(H,20,21). The fourth-order valence-corrected chi connectivity index (χ4v) is 2.40. The van der Waals surface area contributed by atoms with Crippen molar-refractivity contribution in [1.29, 1.82) is 0 Å². The van der Waals surface area contributed by atoms with Gasteiger partial charge in [0.05, 0.1) is 12.5 Å². The number of allylic oxidation sites excluding steroid dienone is 2. The average molecular weight is 298 g/mol. The molecule has 2 N–H and O–H groups in total. The summed E-state index contributed by atoms with van der Waals surface area (Å²) >= 11 is 0. The summed E-state index contributed by atoms with van der Waals surface area (Å²) in [5.41, 5.74) is 0. The largest absolute Gasteiger partial charge is 0.481 e. The van der Waals surface area contributed by atoms with Crippen LogP contribution in [0, 0.1) is 0 Å². The van der Waals surface area contributed by atoms with Crippen molar-refractivity contribution in [3.8, 4) is 0 Å². The van der Waals surface area contributed by atoms with Gasteiger partial charge in [-0.1, -0.05) is 64.0 Å². The number of aliphatic hydroxyl groups is 1. The second-order valence-corrected chi connectivity index (χ2v) is 5.92. The van der Waals surface area contributed by atoms with E-state index in [9.17, 15) is 9.90 Å². The molecule has 0 aliphatic carbocycles. The van der Waals surface area contributed by atoms with Gasteiger partial charge in [0.2, 0.25) is 0 Å². The van der Waals surface area contributed by atoms with E-state index in [2.05, 4.69) is 19.1 Å². The van der Waals surface area contributed by atoms with Gasteiger partial charge in [0.15, 0.2) is 0 Å². The number of unbranched alkanes of at least 4 members (excludes halogenated alkanes) is 9. The van der Waals surface area contributed by atoms with Crippen molar-refractivity contribution >= 4 is 5.97 Å². The first-order valence-corrected chi connectivity index (χ1v) is 8.71. The number of hydrogen-bond acceptors (Lipinski definition) is 2. The highest BCUT2D eigenvalue weighted by molar-refractivity contribution is 5.67. The molecule has 0 bridgehead atoms. The summed E-state index contributed by atoms with van der Waals surface area (Å²) in [5.74, 6) is -0.917. The number of rotatable bonds is 15. The molecular weight excluding hydrogens is 264 g/mol. The predicted molar refractivity (Wildman–Crippen MR) is 88.5 cm³/mol. The van der Waals surface area contributed by atoms with Crippen LogP contribution in [-0.4, -0.2) is 22.3 Å². The van der Waals surface area contributed by atoms with Crippen LogP contribution in [0.15, 0.2) is 12.2 Å². The summed E-state index contributed by atoms with van der Waals surface area (Å²) in [6, 6.07) is 0. The van der Waals surface area contributed by atoms with Crippen LogP contribution in [0.1, 0.15) is 90.4 Å². The van der Waals surface area contributed by atoms with Gasteiger partial charge in [-0.05, 0) is 32.1 Å². The Morgan fingerprint density at radius 2 is 1.43 bits per heavy atom. The summed E-state index contributed by atoms with van der Waals surface area (Å²) < 4.78 is 0. The van der Waals surface area contributed by atoms with Crippen molar-refractivity contribution in [1.82, 2.24) is 0 Å². The lowest BCUT2D eigenvalue weighted by atomic mass is 10.1. The van der Waals surface area contributed by atoms with Crippen LogP contribution in [0.2, 0.25) is 0 Å². The van der Waals surface area contributed by atoms with Gasteiger partial charge in [-0.3, -0.25) is 4.79 Å². The van der Waals surface area contributed by atoms with Gasteiger partial charge in [-0.15, -0.1) is 0 Å². The third-order valence-electron chi connectivity index (χ3n) is 3.71. The summed E-state index contributed by atoms with van der Waals surface area (Å²) in [6.45, 7) is 2.25. The molecule has 124 valence electrons. The maximum Gasteiger partial charge on any atom is 0.305 e. The zero-order valence-electron chi connectivity index (χ0n) is 13.7. The number of aliphatic hydroxyl groups excluding tert-OH is 1. The highest BCUT2D eigenvalue weighted by Gasteiger charge is 2.08.